The summed E-state index contributed by atoms with van der Waals surface area (Å²) in [6, 6.07) is 17.7. The molecule has 1 aliphatic rings. The number of rotatable bonds is 12. The number of aromatic amines is 1. The summed E-state index contributed by atoms with van der Waals surface area (Å²) in [6.07, 6.45) is -1.90. The van der Waals surface area contributed by atoms with Gasteiger partial charge in [0.05, 0.1) is 74.0 Å². The van der Waals surface area contributed by atoms with Gasteiger partial charge in [0.1, 0.15) is 28.7 Å². The molecular weight excluding hydrogens is 854 g/mol. The maximum Gasteiger partial charge on any atom is 0.418 e. The van der Waals surface area contributed by atoms with Crippen LogP contribution >= 0.6 is 11.6 Å². The number of ether oxygens (including phenoxy) is 2. The Hall–Kier alpha value is -5.78. The molecule has 3 aromatic carbocycles. The van der Waals surface area contributed by atoms with Crippen molar-refractivity contribution in [3.8, 4) is 22.8 Å². The number of nitrogens with zero attached hydrogens (tertiary/aromatic N) is 8. The molecule has 12 nitrogen and oxygen atoms in total. The highest BCUT2D eigenvalue weighted by molar-refractivity contribution is 6.74. The Morgan fingerprint density at radius 2 is 1.56 bits per heavy atom. The van der Waals surface area contributed by atoms with Gasteiger partial charge < -0.3 is 23.7 Å². The summed E-state index contributed by atoms with van der Waals surface area (Å²) in [7, 11) is 0.893. The third kappa shape index (κ3) is 8.53. The molecule has 0 saturated heterocycles. The van der Waals surface area contributed by atoms with Crippen molar-refractivity contribution in [3.63, 3.8) is 0 Å². The molecule has 0 fully saturated rings. The number of hydrogen-bond donors (Lipinski definition) is 1. The van der Waals surface area contributed by atoms with Gasteiger partial charge in [0.2, 0.25) is 5.28 Å². The van der Waals surface area contributed by atoms with Crippen LogP contribution in [-0.2, 0) is 36.8 Å². The number of anilines is 2. The van der Waals surface area contributed by atoms with Crippen molar-refractivity contribution in [2.45, 2.75) is 84.2 Å². The molecule has 0 aliphatic carbocycles. The van der Waals surface area contributed by atoms with Crippen molar-refractivity contribution in [2.24, 2.45) is 0 Å². The van der Waals surface area contributed by atoms with Crippen LogP contribution in [0.5, 0.6) is 11.5 Å². The molecule has 4 aromatic heterocycles. The Balaban J connectivity index is 1.31. The van der Waals surface area contributed by atoms with Crippen LogP contribution in [-0.4, -0.2) is 70.1 Å². The number of pyridine rings is 1. The van der Waals surface area contributed by atoms with Gasteiger partial charge in [-0.3, -0.25) is 9.78 Å². The lowest BCUT2D eigenvalue weighted by atomic mass is 9.95. The summed E-state index contributed by atoms with van der Waals surface area (Å²) in [5.74, 6) is 0.716. The highest BCUT2D eigenvalue weighted by atomic mass is 35.5. The summed E-state index contributed by atoms with van der Waals surface area (Å²) < 4.78 is 83.3. The molecule has 7 aromatic rings. The first-order chi connectivity index (χ1) is 29.9. The van der Waals surface area contributed by atoms with E-state index in [1.807, 2.05) is 44.8 Å². The number of hydrogen-bond acceptors (Lipinski definition) is 10. The second kappa shape index (κ2) is 16.7. The Labute approximate surface area is 368 Å². The molecule has 330 valence electrons. The molecule has 8 rings (SSSR count). The van der Waals surface area contributed by atoms with Crippen molar-refractivity contribution >= 4 is 53.4 Å². The number of methoxy groups -OCH3 is 2. The van der Waals surface area contributed by atoms with Gasteiger partial charge in [0.25, 0.3) is 0 Å². The van der Waals surface area contributed by atoms with E-state index in [0.717, 1.165) is 16.8 Å². The molecule has 18 heteroatoms. The Morgan fingerprint density at radius 1 is 0.921 bits per heavy atom. The topological polar surface area (TPSA) is 119 Å². The van der Waals surface area contributed by atoms with Gasteiger partial charge >= 0.3 is 6.18 Å². The lowest BCUT2D eigenvalue weighted by Crippen LogP contribution is -2.50. The van der Waals surface area contributed by atoms with Gasteiger partial charge in [0.15, 0.2) is 14.1 Å². The van der Waals surface area contributed by atoms with Crippen LogP contribution in [0.1, 0.15) is 48.7 Å². The molecule has 0 amide bonds. The SMILES string of the molecule is COc1ccc(CN(Cc2ccc(OC)cc2)c2cc(C)c(C(F)(F)F)c(-c3c(F)c4nc(Cl)nc(N5Cc6ccnn6C[C@H]5CO[Si](C)(C)C(C)(C)C)c4c4[nH]ncc34)n2)cc1. The minimum absolute atomic E-state index is 0.0645. The Kier molecular flexibility index (Phi) is 11.6. The van der Waals surface area contributed by atoms with Crippen molar-refractivity contribution in [3.05, 3.63) is 112 Å². The predicted molar refractivity (Wildman–Crippen MR) is 238 cm³/mol. The Bertz CT molecular complexity index is 2740. The number of aryl methyl sites for hydroxylation is 1. The predicted octanol–water partition coefficient (Wildman–Crippen LogP) is 10.5. The first kappa shape index (κ1) is 43.8. The number of nitrogens with one attached hydrogen (secondary N) is 1. The van der Waals surface area contributed by atoms with Crippen LogP contribution in [0, 0.1) is 12.7 Å². The fraction of sp³-hybridized carbons (Fsp3) is 0.356. The zero-order chi connectivity index (χ0) is 45.0. The summed E-state index contributed by atoms with van der Waals surface area (Å²) in [4.78, 5) is 17.6. The second-order valence-corrected chi connectivity index (χ2v) is 22.5. The first-order valence-corrected chi connectivity index (χ1v) is 23.7. The number of alkyl halides is 3. The van der Waals surface area contributed by atoms with Gasteiger partial charge in [-0.2, -0.15) is 28.4 Å². The monoisotopic (exact) mass is 901 g/mol. The number of H-pyrrole nitrogens is 1. The fourth-order valence-corrected chi connectivity index (χ4v) is 9.01. The van der Waals surface area contributed by atoms with Gasteiger partial charge in [-0.05, 0) is 89.7 Å². The lowest BCUT2D eigenvalue weighted by molar-refractivity contribution is -0.137. The molecule has 1 aliphatic heterocycles. The van der Waals surface area contributed by atoms with E-state index in [9.17, 15) is 0 Å². The maximum atomic E-state index is 17.8. The highest BCUT2D eigenvalue weighted by Crippen LogP contribution is 2.47. The summed E-state index contributed by atoms with van der Waals surface area (Å²) in [5, 5.41) is 11.7. The number of aromatic nitrogens is 7. The van der Waals surface area contributed by atoms with Crippen LogP contribution in [0.4, 0.5) is 29.2 Å². The van der Waals surface area contributed by atoms with E-state index in [0.29, 0.717) is 31.2 Å². The average Bonchev–Trinajstić information content (AvgIpc) is 3.91. The largest absolute Gasteiger partial charge is 0.497 e. The molecule has 0 spiro atoms. The number of benzene rings is 3. The molecule has 5 heterocycles. The Morgan fingerprint density at radius 3 is 2.14 bits per heavy atom. The van der Waals surface area contributed by atoms with Crippen LogP contribution in [0.25, 0.3) is 33.1 Å². The third-order valence-corrected chi connectivity index (χ3v) is 16.9. The maximum absolute atomic E-state index is 17.8. The van der Waals surface area contributed by atoms with E-state index in [4.69, 9.17) is 30.5 Å². The minimum Gasteiger partial charge on any atom is -0.497 e. The smallest absolute Gasteiger partial charge is 0.418 e. The summed E-state index contributed by atoms with van der Waals surface area (Å²) in [6.45, 7) is 13.7. The highest BCUT2D eigenvalue weighted by Gasteiger charge is 2.41. The third-order valence-electron chi connectivity index (χ3n) is 12.2. The molecule has 0 radical (unpaired) electrons. The van der Waals surface area contributed by atoms with E-state index < -0.39 is 37.1 Å². The van der Waals surface area contributed by atoms with Crippen molar-refractivity contribution in [2.75, 3.05) is 30.6 Å². The van der Waals surface area contributed by atoms with E-state index in [1.54, 1.807) is 44.7 Å². The van der Waals surface area contributed by atoms with Crippen molar-refractivity contribution in [1.29, 1.82) is 0 Å². The van der Waals surface area contributed by atoms with Crippen LogP contribution in [0.15, 0.2) is 73.1 Å². The molecule has 0 unspecified atom stereocenters. The lowest BCUT2D eigenvalue weighted by Gasteiger charge is -2.41. The van der Waals surface area contributed by atoms with Crippen molar-refractivity contribution < 1.29 is 31.5 Å². The summed E-state index contributed by atoms with van der Waals surface area (Å²) in [5.41, 5.74) is 0.216. The second-order valence-electron chi connectivity index (χ2n) is 17.3. The molecule has 0 bridgehead atoms. The molecule has 1 N–H and O–H groups in total. The van der Waals surface area contributed by atoms with E-state index in [1.165, 1.54) is 19.2 Å². The number of fused-ring (bicyclic) bond motifs is 4. The van der Waals surface area contributed by atoms with Gasteiger partial charge in [-0.25, -0.2) is 14.4 Å². The molecule has 1 atom stereocenters. The average molecular weight is 902 g/mol. The molecule has 0 saturated carbocycles. The van der Waals surface area contributed by atoms with Gasteiger partial charge in [-0.1, -0.05) is 45.0 Å². The van der Waals surface area contributed by atoms with Crippen LogP contribution in [0.2, 0.25) is 23.4 Å². The molecule has 63 heavy (non-hydrogen) atoms. The standard InChI is InChI=1S/C45H48ClF4N9O3Si/c1-26-19-34(57(21-27-9-13-31(60-5)14-10-27)22-28-11-15-32(61-6)16-12-28)53-40(37(26)45(48,49)50)35-33-20-51-56-39(33)36-41(38(35)47)54-43(46)55-42(36)58-23-29-17-18-52-59(29)24-30(58)25-62-63(7,8)44(2,3)4/h9-20,30H,21-25H2,1-8H3,(H,51,56)/t30-/m0/s1. The molecular formula is C45H48ClF4N9O3Si. The zero-order valence-electron chi connectivity index (χ0n) is 36.2. The summed E-state index contributed by atoms with van der Waals surface area (Å²) >= 11 is 6.66. The van der Waals surface area contributed by atoms with E-state index in [-0.39, 0.29) is 68.5 Å². The van der Waals surface area contributed by atoms with E-state index in [2.05, 4.69) is 59.1 Å². The quantitative estimate of drug-likeness (QED) is 0.0721. The van der Waals surface area contributed by atoms with Gasteiger partial charge in [-0.15, -0.1) is 0 Å². The van der Waals surface area contributed by atoms with Gasteiger partial charge in [0, 0.05) is 30.2 Å². The van der Waals surface area contributed by atoms with E-state index >= 15 is 17.6 Å². The van der Waals surface area contributed by atoms with Crippen molar-refractivity contribution in [1.82, 2.24) is 34.9 Å². The normalized spacial score (nSPS) is 14.7. The number of halogens is 5. The minimum atomic E-state index is -4.93. The van der Waals surface area contributed by atoms with Crippen LogP contribution < -0.4 is 19.3 Å². The van der Waals surface area contributed by atoms with Crippen LogP contribution in [0.3, 0.4) is 0 Å². The zero-order valence-corrected chi connectivity index (χ0v) is 38.0. The first-order valence-electron chi connectivity index (χ1n) is 20.4. The fourth-order valence-electron chi connectivity index (χ4n) is 7.80.